The summed E-state index contributed by atoms with van der Waals surface area (Å²) in [4.78, 5) is 37.4. The molecular weight excluding hydrogens is 923 g/mol. The molecular formula is C65H124NO8+. The summed E-state index contributed by atoms with van der Waals surface area (Å²) >= 11 is 0. The molecule has 0 amide bonds. The maximum Gasteiger partial charge on any atom is 0.361 e. The van der Waals surface area contributed by atoms with Crippen molar-refractivity contribution in [2.75, 3.05) is 47.5 Å². The van der Waals surface area contributed by atoms with Crippen molar-refractivity contribution in [1.82, 2.24) is 0 Å². The van der Waals surface area contributed by atoms with Gasteiger partial charge in [-0.1, -0.05) is 282 Å². The van der Waals surface area contributed by atoms with Gasteiger partial charge < -0.3 is 28.5 Å². The number of ether oxygens (including phenoxy) is 4. The molecule has 2 atom stereocenters. The quantitative estimate of drug-likeness (QED) is 0.0211. The Bertz CT molecular complexity index is 1260. The molecule has 74 heavy (non-hydrogen) atoms. The van der Waals surface area contributed by atoms with Gasteiger partial charge in [0, 0.05) is 12.8 Å². The predicted octanol–water partition coefficient (Wildman–Crippen LogP) is 19.1. The summed E-state index contributed by atoms with van der Waals surface area (Å²) in [5.74, 6) is -2.00. The van der Waals surface area contributed by atoms with Gasteiger partial charge in [0.25, 0.3) is 6.29 Å². The summed E-state index contributed by atoms with van der Waals surface area (Å²) in [6.07, 6.45) is 65.8. The van der Waals surface area contributed by atoms with Crippen LogP contribution in [0.15, 0.2) is 24.3 Å². The molecule has 0 saturated heterocycles. The van der Waals surface area contributed by atoms with Crippen LogP contribution in [0.5, 0.6) is 0 Å². The van der Waals surface area contributed by atoms with Gasteiger partial charge in [0.15, 0.2) is 6.10 Å². The Morgan fingerprint density at radius 3 is 1.09 bits per heavy atom. The Morgan fingerprint density at radius 2 is 0.730 bits per heavy atom. The standard InChI is InChI=1S/C65H123NO8/c1-6-8-10-12-14-16-18-20-22-23-24-25-26-27-28-29-30-31-32-33-34-35-36-37-38-39-40-42-43-45-47-49-51-53-55-62(67)72-59-61(60-73-65(64(69)70)71-58-57-66(3,4)5)74-63(68)56-54-52-50-48-46-44-41-21-19-17-15-13-11-9-7-2/h15,17,21,41,61,65H,6-14,16,18-20,22-40,42-60H2,1-5H3/p+1/b17-15-,41-21-. The minimum atomic E-state index is -1.51. The largest absolute Gasteiger partial charge is 0.477 e. The predicted molar refractivity (Wildman–Crippen MR) is 314 cm³/mol. The summed E-state index contributed by atoms with van der Waals surface area (Å²) in [6, 6.07) is 0. The number of rotatable bonds is 60. The van der Waals surface area contributed by atoms with E-state index >= 15 is 0 Å². The van der Waals surface area contributed by atoms with Gasteiger partial charge in [0.2, 0.25) is 0 Å². The van der Waals surface area contributed by atoms with E-state index in [4.69, 9.17) is 18.9 Å². The van der Waals surface area contributed by atoms with E-state index in [0.29, 0.717) is 23.9 Å². The van der Waals surface area contributed by atoms with Gasteiger partial charge in [0.1, 0.15) is 13.2 Å². The van der Waals surface area contributed by atoms with E-state index < -0.39 is 24.3 Å². The molecule has 0 rings (SSSR count). The number of likely N-dealkylation sites (N-methyl/N-ethyl adjacent to an activating group) is 1. The zero-order valence-corrected chi connectivity index (χ0v) is 49.8. The summed E-state index contributed by atoms with van der Waals surface area (Å²) in [5.41, 5.74) is 0. The smallest absolute Gasteiger partial charge is 0.361 e. The van der Waals surface area contributed by atoms with Gasteiger partial charge in [-0.05, 0) is 44.9 Å². The van der Waals surface area contributed by atoms with Crippen LogP contribution in [-0.4, -0.2) is 87.4 Å². The van der Waals surface area contributed by atoms with Gasteiger partial charge in [-0.2, -0.15) is 0 Å². The molecule has 9 nitrogen and oxygen atoms in total. The number of carboxylic acids is 1. The molecule has 0 radical (unpaired) electrons. The van der Waals surface area contributed by atoms with Gasteiger partial charge in [-0.15, -0.1) is 0 Å². The average Bonchev–Trinajstić information content (AvgIpc) is 3.37. The fraction of sp³-hybridized carbons (Fsp3) is 0.892. The number of quaternary nitrogens is 1. The van der Waals surface area contributed by atoms with E-state index in [1.165, 1.54) is 225 Å². The normalized spacial score (nSPS) is 12.8. The third-order valence-corrected chi connectivity index (χ3v) is 14.5. The molecule has 9 heteroatoms. The molecule has 0 spiro atoms. The van der Waals surface area contributed by atoms with Crippen molar-refractivity contribution in [3.05, 3.63) is 24.3 Å². The van der Waals surface area contributed by atoms with Gasteiger partial charge in [-0.25, -0.2) is 4.79 Å². The highest BCUT2D eigenvalue weighted by atomic mass is 16.7. The minimum Gasteiger partial charge on any atom is -0.477 e. The SMILES string of the molecule is CCCCC/C=C\C/C=C\CCCCCCCC(=O)OC(COC(=O)CCCCCCCCCCCCCCCCCCCCCCCCCCCCCCCCCCCC)COC(OCC[N+](C)(C)C)C(=O)O. The zero-order chi connectivity index (χ0) is 54.1. The van der Waals surface area contributed by atoms with Crippen molar-refractivity contribution in [3.63, 3.8) is 0 Å². The Kier molecular flexibility index (Phi) is 55.2. The average molecular weight is 1050 g/mol. The third-order valence-electron chi connectivity index (χ3n) is 14.5. The highest BCUT2D eigenvalue weighted by Crippen LogP contribution is 2.18. The second-order valence-electron chi connectivity index (χ2n) is 23.1. The van der Waals surface area contributed by atoms with Gasteiger partial charge in [-0.3, -0.25) is 9.59 Å². The van der Waals surface area contributed by atoms with Gasteiger partial charge >= 0.3 is 17.9 Å². The fourth-order valence-corrected chi connectivity index (χ4v) is 9.52. The van der Waals surface area contributed by atoms with Gasteiger partial charge in [0.05, 0.1) is 34.4 Å². The lowest BCUT2D eigenvalue weighted by atomic mass is 10.0. The number of allylic oxidation sites excluding steroid dienone is 4. The van der Waals surface area contributed by atoms with Crippen molar-refractivity contribution in [1.29, 1.82) is 0 Å². The summed E-state index contributed by atoms with van der Waals surface area (Å²) < 4.78 is 22.9. The fourth-order valence-electron chi connectivity index (χ4n) is 9.52. The first kappa shape index (κ1) is 71.8. The topological polar surface area (TPSA) is 108 Å². The van der Waals surface area contributed by atoms with Crippen molar-refractivity contribution in [2.24, 2.45) is 0 Å². The molecule has 0 aromatic rings. The Morgan fingerprint density at radius 1 is 0.405 bits per heavy atom. The van der Waals surface area contributed by atoms with Crippen molar-refractivity contribution in [3.8, 4) is 0 Å². The highest BCUT2D eigenvalue weighted by molar-refractivity contribution is 5.71. The summed E-state index contributed by atoms with van der Waals surface area (Å²) in [7, 11) is 5.97. The van der Waals surface area contributed by atoms with Crippen LogP contribution in [0.25, 0.3) is 0 Å². The molecule has 0 aromatic carbocycles. The van der Waals surface area contributed by atoms with E-state index in [2.05, 4.69) is 38.2 Å². The molecule has 0 fully saturated rings. The molecule has 2 unspecified atom stereocenters. The van der Waals surface area contributed by atoms with Crippen molar-refractivity contribution < 1.29 is 42.9 Å². The molecule has 0 bridgehead atoms. The molecule has 0 aliphatic carbocycles. The molecule has 0 saturated carbocycles. The van der Waals surface area contributed by atoms with E-state index in [1.54, 1.807) is 0 Å². The lowest BCUT2D eigenvalue weighted by Gasteiger charge is -2.25. The number of aliphatic carboxylic acids is 1. The van der Waals surface area contributed by atoms with E-state index in [9.17, 15) is 19.5 Å². The molecule has 436 valence electrons. The van der Waals surface area contributed by atoms with Crippen LogP contribution in [0, 0.1) is 0 Å². The summed E-state index contributed by atoms with van der Waals surface area (Å²) in [5, 5.41) is 9.70. The minimum absolute atomic E-state index is 0.183. The highest BCUT2D eigenvalue weighted by Gasteiger charge is 2.25. The number of nitrogens with zero attached hydrogens (tertiary/aromatic N) is 1. The van der Waals surface area contributed by atoms with E-state index in [1.807, 2.05) is 21.1 Å². The number of hydrogen-bond acceptors (Lipinski definition) is 7. The Labute approximate surface area is 458 Å². The molecule has 0 aromatic heterocycles. The number of carbonyl (C=O) groups excluding carboxylic acids is 2. The zero-order valence-electron chi connectivity index (χ0n) is 49.8. The number of unbranched alkanes of at least 4 members (excludes halogenated alkanes) is 41. The Balaban J connectivity index is 3.99. The number of hydrogen-bond donors (Lipinski definition) is 1. The Hall–Kier alpha value is -2.23. The van der Waals surface area contributed by atoms with E-state index in [0.717, 1.165) is 57.8 Å². The number of esters is 2. The van der Waals surface area contributed by atoms with Crippen LogP contribution in [0.1, 0.15) is 316 Å². The van der Waals surface area contributed by atoms with Crippen LogP contribution in [-0.2, 0) is 33.3 Å². The maximum absolute atomic E-state index is 12.8. The second-order valence-corrected chi connectivity index (χ2v) is 23.1. The number of carbonyl (C=O) groups is 3. The van der Waals surface area contributed by atoms with Crippen LogP contribution in [0.2, 0.25) is 0 Å². The van der Waals surface area contributed by atoms with Crippen molar-refractivity contribution >= 4 is 17.9 Å². The second kappa shape index (κ2) is 57.0. The van der Waals surface area contributed by atoms with Crippen molar-refractivity contribution in [2.45, 2.75) is 328 Å². The number of carboxylic acid groups (broad SMARTS) is 1. The van der Waals surface area contributed by atoms with Crippen LogP contribution in [0.3, 0.4) is 0 Å². The molecule has 1 N–H and O–H groups in total. The van der Waals surface area contributed by atoms with E-state index in [-0.39, 0.29) is 32.2 Å². The molecule has 0 heterocycles. The monoisotopic (exact) mass is 1050 g/mol. The molecule has 0 aliphatic rings. The first-order valence-electron chi connectivity index (χ1n) is 32.0. The first-order chi connectivity index (χ1) is 36.1. The lowest BCUT2D eigenvalue weighted by molar-refractivity contribution is -0.870. The van der Waals surface area contributed by atoms with Crippen LogP contribution in [0.4, 0.5) is 0 Å². The van der Waals surface area contributed by atoms with Crippen LogP contribution < -0.4 is 0 Å². The molecule has 0 aliphatic heterocycles. The third kappa shape index (κ3) is 57.5. The van der Waals surface area contributed by atoms with Crippen LogP contribution >= 0.6 is 0 Å². The summed E-state index contributed by atoms with van der Waals surface area (Å²) in [6.45, 7) is 4.88. The maximum atomic E-state index is 12.8. The lowest BCUT2D eigenvalue weighted by Crippen LogP contribution is -2.40. The first-order valence-corrected chi connectivity index (χ1v) is 32.0.